The number of hydrogen-bond acceptors (Lipinski definition) is 3. The van der Waals surface area contributed by atoms with Crippen LogP contribution < -0.4 is 15.8 Å². The number of alkyl halides is 3. The zero-order chi connectivity index (χ0) is 15.6. The lowest BCUT2D eigenvalue weighted by Crippen LogP contribution is -2.17. The van der Waals surface area contributed by atoms with Crippen LogP contribution in [0.1, 0.15) is 0 Å². The number of nitrogens with one attached hydrogen (secondary N) is 1. The van der Waals surface area contributed by atoms with Gasteiger partial charge in [0.1, 0.15) is 11.6 Å². The molecule has 2 aromatic rings. The van der Waals surface area contributed by atoms with Gasteiger partial charge in [-0.1, -0.05) is 6.07 Å². The third-order valence-electron chi connectivity index (χ3n) is 2.44. The Balaban J connectivity index is 2.24. The van der Waals surface area contributed by atoms with E-state index in [9.17, 15) is 17.6 Å². The first-order chi connectivity index (χ1) is 9.74. The van der Waals surface area contributed by atoms with Crippen molar-refractivity contribution >= 4 is 33.0 Å². The van der Waals surface area contributed by atoms with Crippen LogP contribution in [-0.2, 0) is 0 Å². The maximum atomic E-state index is 13.4. The second kappa shape index (κ2) is 5.80. The average Bonchev–Trinajstić information content (AvgIpc) is 2.34. The van der Waals surface area contributed by atoms with E-state index in [0.29, 0.717) is 0 Å². The van der Waals surface area contributed by atoms with Gasteiger partial charge in [-0.3, -0.25) is 0 Å². The lowest BCUT2D eigenvalue weighted by atomic mass is 10.2. The average molecular weight is 365 g/mol. The Morgan fingerprint density at radius 1 is 1.14 bits per heavy atom. The number of halogens is 5. The van der Waals surface area contributed by atoms with Crippen LogP contribution in [0.25, 0.3) is 0 Å². The summed E-state index contributed by atoms with van der Waals surface area (Å²) in [6.45, 7) is 0. The molecule has 0 spiro atoms. The summed E-state index contributed by atoms with van der Waals surface area (Å²) in [6, 6.07) is 7.65. The summed E-state index contributed by atoms with van der Waals surface area (Å²) in [6.07, 6.45) is -4.78. The van der Waals surface area contributed by atoms with Gasteiger partial charge in [0.2, 0.25) is 0 Å². The molecule has 0 unspecified atom stereocenters. The third-order valence-corrected chi connectivity index (χ3v) is 3.05. The maximum absolute atomic E-state index is 13.4. The quantitative estimate of drug-likeness (QED) is 0.606. The van der Waals surface area contributed by atoms with Gasteiger partial charge in [0.25, 0.3) is 0 Å². The summed E-state index contributed by atoms with van der Waals surface area (Å²) in [7, 11) is 0. The largest absolute Gasteiger partial charge is 0.573 e. The molecule has 0 aliphatic heterocycles. The van der Waals surface area contributed by atoms with E-state index in [1.807, 2.05) is 0 Å². The molecule has 0 heterocycles. The van der Waals surface area contributed by atoms with Crippen LogP contribution in [0.3, 0.4) is 0 Å². The van der Waals surface area contributed by atoms with Crippen molar-refractivity contribution in [2.24, 2.45) is 0 Å². The first kappa shape index (κ1) is 15.4. The Morgan fingerprint density at radius 3 is 2.52 bits per heavy atom. The number of nitrogens with two attached hydrogens (primary N) is 1. The highest BCUT2D eigenvalue weighted by atomic mass is 79.9. The highest BCUT2D eigenvalue weighted by Crippen LogP contribution is 2.31. The Hall–Kier alpha value is -1.96. The normalized spacial score (nSPS) is 11.3. The van der Waals surface area contributed by atoms with Crippen molar-refractivity contribution in [3.63, 3.8) is 0 Å². The van der Waals surface area contributed by atoms with Crippen LogP contribution in [0, 0.1) is 5.82 Å². The molecule has 0 atom stereocenters. The minimum atomic E-state index is -4.78. The smallest absolute Gasteiger partial charge is 0.406 e. The van der Waals surface area contributed by atoms with Gasteiger partial charge in [0.05, 0.1) is 15.8 Å². The molecule has 0 aliphatic rings. The second-order valence-electron chi connectivity index (χ2n) is 4.05. The van der Waals surface area contributed by atoms with Gasteiger partial charge in [-0.05, 0) is 34.1 Å². The SMILES string of the molecule is Nc1cc(Br)c(F)cc1Nc1cccc(OC(F)(F)F)c1. The fourth-order valence-electron chi connectivity index (χ4n) is 1.60. The first-order valence-electron chi connectivity index (χ1n) is 5.62. The predicted molar refractivity (Wildman–Crippen MR) is 74.9 cm³/mol. The fourth-order valence-corrected chi connectivity index (χ4v) is 1.96. The number of nitrogen functional groups attached to an aromatic ring is 1. The van der Waals surface area contributed by atoms with E-state index in [2.05, 4.69) is 26.0 Å². The number of benzene rings is 2. The molecule has 112 valence electrons. The molecule has 0 saturated carbocycles. The minimum Gasteiger partial charge on any atom is -0.406 e. The number of anilines is 3. The van der Waals surface area contributed by atoms with Crippen LogP contribution in [0.4, 0.5) is 34.6 Å². The number of ether oxygens (including phenoxy) is 1. The monoisotopic (exact) mass is 364 g/mol. The van der Waals surface area contributed by atoms with Crippen LogP contribution in [0.15, 0.2) is 40.9 Å². The van der Waals surface area contributed by atoms with Crippen LogP contribution >= 0.6 is 15.9 Å². The Morgan fingerprint density at radius 2 is 1.86 bits per heavy atom. The second-order valence-corrected chi connectivity index (χ2v) is 4.91. The van der Waals surface area contributed by atoms with Crippen molar-refractivity contribution in [2.45, 2.75) is 6.36 Å². The fraction of sp³-hybridized carbons (Fsp3) is 0.0769. The van der Waals surface area contributed by atoms with Crippen molar-refractivity contribution in [2.75, 3.05) is 11.1 Å². The topological polar surface area (TPSA) is 47.3 Å². The van der Waals surface area contributed by atoms with Gasteiger partial charge in [-0.25, -0.2) is 4.39 Å². The van der Waals surface area contributed by atoms with Crippen LogP contribution in [0.2, 0.25) is 0 Å². The van der Waals surface area contributed by atoms with E-state index < -0.39 is 12.2 Å². The van der Waals surface area contributed by atoms with Crippen molar-refractivity contribution < 1.29 is 22.3 Å². The summed E-state index contributed by atoms with van der Waals surface area (Å²) in [5, 5.41) is 2.73. The van der Waals surface area contributed by atoms with Gasteiger partial charge >= 0.3 is 6.36 Å². The lowest BCUT2D eigenvalue weighted by Gasteiger charge is -2.13. The summed E-state index contributed by atoms with van der Waals surface area (Å²) < 4.78 is 53.9. The van der Waals surface area contributed by atoms with Crippen molar-refractivity contribution in [1.29, 1.82) is 0 Å². The molecule has 3 N–H and O–H groups in total. The third kappa shape index (κ3) is 4.25. The maximum Gasteiger partial charge on any atom is 0.573 e. The van der Waals surface area contributed by atoms with E-state index in [-0.39, 0.29) is 27.3 Å². The first-order valence-corrected chi connectivity index (χ1v) is 6.41. The molecule has 0 saturated heterocycles. The molecule has 0 radical (unpaired) electrons. The zero-order valence-corrected chi connectivity index (χ0v) is 11.9. The van der Waals surface area contributed by atoms with Gasteiger partial charge in [0, 0.05) is 17.8 Å². The summed E-state index contributed by atoms with van der Waals surface area (Å²) >= 11 is 2.98. The van der Waals surface area contributed by atoms with Crippen molar-refractivity contribution in [3.8, 4) is 5.75 Å². The molecule has 2 rings (SSSR count). The molecule has 0 fully saturated rings. The van der Waals surface area contributed by atoms with E-state index in [1.54, 1.807) is 0 Å². The summed E-state index contributed by atoms with van der Waals surface area (Å²) in [5.41, 5.74) is 6.47. The standard InChI is InChI=1S/C13H9BrF4N2O/c14-9-5-11(19)12(6-10(9)15)20-7-2-1-3-8(4-7)21-13(16,17)18/h1-6,20H,19H2. The minimum absolute atomic E-state index is 0.194. The van der Waals surface area contributed by atoms with Gasteiger partial charge in [-0.2, -0.15) is 0 Å². The van der Waals surface area contributed by atoms with Crippen LogP contribution in [0.5, 0.6) is 5.75 Å². The Bertz CT molecular complexity index is 661. The Labute approximate surface area is 125 Å². The van der Waals surface area contributed by atoms with Crippen molar-refractivity contribution in [3.05, 3.63) is 46.7 Å². The van der Waals surface area contributed by atoms with Crippen molar-refractivity contribution in [1.82, 2.24) is 0 Å². The molecule has 2 aromatic carbocycles. The number of rotatable bonds is 3. The van der Waals surface area contributed by atoms with Gasteiger partial charge in [-0.15, -0.1) is 13.2 Å². The van der Waals surface area contributed by atoms with E-state index in [0.717, 1.165) is 18.2 Å². The Kier molecular flexibility index (Phi) is 4.26. The molecule has 0 aromatic heterocycles. The molecule has 0 aliphatic carbocycles. The zero-order valence-electron chi connectivity index (χ0n) is 10.3. The molecule has 0 amide bonds. The molecule has 0 bridgehead atoms. The predicted octanol–water partition coefficient (Wildman–Crippen LogP) is 4.81. The summed E-state index contributed by atoms with van der Waals surface area (Å²) in [4.78, 5) is 0. The highest BCUT2D eigenvalue weighted by molar-refractivity contribution is 9.10. The van der Waals surface area contributed by atoms with E-state index in [1.165, 1.54) is 18.2 Å². The molecular formula is C13H9BrF4N2O. The molecule has 3 nitrogen and oxygen atoms in total. The van der Waals surface area contributed by atoms with Gasteiger partial charge < -0.3 is 15.8 Å². The summed E-state index contributed by atoms with van der Waals surface area (Å²) in [5.74, 6) is -0.932. The van der Waals surface area contributed by atoms with Crippen LogP contribution in [-0.4, -0.2) is 6.36 Å². The molecule has 21 heavy (non-hydrogen) atoms. The van der Waals surface area contributed by atoms with E-state index in [4.69, 9.17) is 5.73 Å². The number of hydrogen-bond donors (Lipinski definition) is 2. The van der Waals surface area contributed by atoms with E-state index >= 15 is 0 Å². The lowest BCUT2D eigenvalue weighted by molar-refractivity contribution is -0.274. The molecule has 8 heteroatoms. The molecular weight excluding hydrogens is 356 g/mol. The van der Waals surface area contributed by atoms with Gasteiger partial charge in [0.15, 0.2) is 0 Å². The highest BCUT2D eigenvalue weighted by Gasteiger charge is 2.31.